The summed E-state index contributed by atoms with van der Waals surface area (Å²) in [5.41, 5.74) is 7.64. The molecule has 0 aliphatic heterocycles. The summed E-state index contributed by atoms with van der Waals surface area (Å²) in [5, 5.41) is 23.1. The number of pyridine rings is 1. The van der Waals surface area contributed by atoms with E-state index in [0.717, 1.165) is 6.92 Å². The summed E-state index contributed by atoms with van der Waals surface area (Å²) in [6, 6.07) is 8.68. The Labute approximate surface area is 146 Å². The molecule has 0 atom stereocenters. The van der Waals surface area contributed by atoms with E-state index in [1.54, 1.807) is 36.6 Å². The van der Waals surface area contributed by atoms with Crippen LogP contribution in [0.4, 0.5) is 5.95 Å². The van der Waals surface area contributed by atoms with Gasteiger partial charge in [-0.25, -0.2) is 4.98 Å². The summed E-state index contributed by atoms with van der Waals surface area (Å²) < 4.78 is 7.42. The third kappa shape index (κ3) is 3.59. The van der Waals surface area contributed by atoms with Crippen LogP contribution in [0.15, 0.2) is 53.4 Å². The van der Waals surface area contributed by atoms with Crippen molar-refractivity contribution in [1.82, 2.24) is 19.6 Å². The van der Waals surface area contributed by atoms with Crippen molar-refractivity contribution in [2.24, 2.45) is 0 Å². The molecule has 0 spiro atoms. The number of carboxylic acids is 1. The second-order valence-corrected chi connectivity index (χ2v) is 5.15. The Hall–Kier alpha value is -3.95. The molecule has 0 fully saturated rings. The molecule has 26 heavy (non-hydrogen) atoms. The van der Waals surface area contributed by atoms with Crippen LogP contribution in [0.2, 0.25) is 0 Å². The van der Waals surface area contributed by atoms with Crippen molar-refractivity contribution in [2.75, 3.05) is 5.73 Å². The molecular weight excluding hydrogens is 340 g/mol. The number of nitrogens with zero attached hydrogens (tertiary/aromatic N) is 5. The fraction of sp³-hybridized carbons (Fsp3) is 0.0625. The molecule has 0 radical (unpaired) electrons. The highest BCUT2D eigenvalue weighted by Crippen LogP contribution is 2.22. The Bertz CT molecular complexity index is 1050. The molecule has 0 aliphatic rings. The maximum absolute atomic E-state index is 11.4. The molecule has 4 heterocycles. The minimum absolute atomic E-state index is 0.180. The molecule has 4 aromatic rings. The molecule has 0 amide bonds. The summed E-state index contributed by atoms with van der Waals surface area (Å²) in [5.74, 6) is 0.323. The maximum Gasteiger partial charge on any atom is 0.300 e. The number of hydrogen-bond acceptors (Lipinski definition) is 7. The second-order valence-electron chi connectivity index (χ2n) is 5.15. The topological polar surface area (TPSA) is 146 Å². The van der Waals surface area contributed by atoms with Crippen LogP contribution < -0.4 is 10.5 Å². The summed E-state index contributed by atoms with van der Waals surface area (Å²) in [4.78, 5) is 17.6. The lowest BCUT2D eigenvalue weighted by Crippen LogP contribution is -2.24. The van der Waals surface area contributed by atoms with Gasteiger partial charge in [-0.05, 0) is 18.2 Å². The van der Waals surface area contributed by atoms with Gasteiger partial charge in [-0.15, -0.1) is 0 Å². The van der Waals surface area contributed by atoms with Crippen LogP contribution in [0.3, 0.4) is 0 Å². The number of aromatic nitrogens is 5. The maximum atomic E-state index is 11.4. The average molecular weight is 354 g/mol. The van der Waals surface area contributed by atoms with Gasteiger partial charge in [0.15, 0.2) is 29.6 Å². The number of carboxylic acid groups (broad SMARTS) is 1. The van der Waals surface area contributed by atoms with Gasteiger partial charge in [-0.1, -0.05) is 0 Å². The fourth-order valence-corrected chi connectivity index (χ4v) is 2.17. The number of furan rings is 1. The van der Waals surface area contributed by atoms with Gasteiger partial charge in [-0.3, -0.25) is 4.79 Å². The number of nitrogens with two attached hydrogens (primary N) is 1. The van der Waals surface area contributed by atoms with E-state index in [0.29, 0.717) is 33.2 Å². The van der Waals surface area contributed by atoms with E-state index in [1.807, 2.05) is 0 Å². The zero-order valence-corrected chi connectivity index (χ0v) is 13.6. The van der Waals surface area contributed by atoms with E-state index < -0.39 is 5.97 Å². The molecule has 4 aromatic heterocycles. The second kappa shape index (κ2) is 6.89. The van der Waals surface area contributed by atoms with Crippen molar-refractivity contribution >= 4 is 17.6 Å². The molecule has 10 heteroatoms. The molecule has 0 bridgehead atoms. The molecule has 0 aliphatic carbocycles. The van der Waals surface area contributed by atoms with E-state index in [2.05, 4.69) is 15.1 Å². The first-order chi connectivity index (χ1) is 12.4. The number of carbonyl (C=O) groups is 1. The predicted molar refractivity (Wildman–Crippen MR) is 90.6 cm³/mol. The Morgan fingerprint density at radius 1 is 1.35 bits per heavy atom. The van der Waals surface area contributed by atoms with Crippen molar-refractivity contribution < 1.29 is 19.0 Å². The number of rotatable bonds is 2. The van der Waals surface area contributed by atoms with Crippen molar-refractivity contribution in [2.45, 2.75) is 6.92 Å². The SMILES string of the molecule is CC(=O)O.Nc1nc(-c2ccc[n+]([O-])c2)nc2cc(-c3ccco3)nn12. The highest BCUT2D eigenvalue weighted by molar-refractivity contribution is 5.64. The van der Waals surface area contributed by atoms with Crippen LogP contribution in [-0.4, -0.2) is 30.7 Å². The quantitative estimate of drug-likeness (QED) is 0.405. The van der Waals surface area contributed by atoms with Crippen molar-refractivity contribution in [1.29, 1.82) is 0 Å². The van der Waals surface area contributed by atoms with Gasteiger partial charge in [-0.2, -0.15) is 19.3 Å². The summed E-state index contributed by atoms with van der Waals surface area (Å²) >= 11 is 0. The van der Waals surface area contributed by atoms with Gasteiger partial charge in [0.2, 0.25) is 5.95 Å². The molecule has 10 nitrogen and oxygen atoms in total. The Balaban J connectivity index is 0.000000447. The molecule has 4 rings (SSSR count). The third-order valence-electron chi connectivity index (χ3n) is 3.16. The predicted octanol–water partition coefficient (Wildman–Crippen LogP) is 1.36. The number of nitrogen functional groups attached to an aromatic ring is 1. The third-order valence-corrected chi connectivity index (χ3v) is 3.16. The van der Waals surface area contributed by atoms with Gasteiger partial charge >= 0.3 is 0 Å². The van der Waals surface area contributed by atoms with Gasteiger partial charge in [0, 0.05) is 19.1 Å². The van der Waals surface area contributed by atoms with Crippen LogP contribution >= 0.6 is 0 Å². The number of anilines is 1. The molecule has 0 aromatic carbocycles. The van der Waals surface area contributed by atoms with Crippen LogP contribution in [-0.2, 0) is 4.79 Å². The zero-order valence-electron chi connectivity index (χ0n) is 13.6. The number of hydrogen-bond donors (Lipinski definition) is 2. The van der Waals surface area contributed by atoms with E-state index in [9.17, 15) is 5.21 Å². The van der Waals surface area contributed by atoms with Crippen LogP contribution in [0.25, 0.3) is 28.5 Å². The van der Waals surface area contributed by atoms with Crippen molar-refractivity contribution in [3.8, 4) is 22.8 Å². The normalized spacial score (nSPS) is 10.3. The Morgan fingerprint density at radius 3 is 2.77 bits per heavy atom. The van der Waals surface area contributed by atoms with Gasteiger partial charge in [0.05, 0.1) is 11.8 Å². The Kier molecular flexibility index (Phi) is 4.48. The van der Waals surface area contributed by atoms with E-state index in [-0.39, 0.29) is 5.95 Å². The van der Waals surface area contributed by atoms with Crippen molar-refractivity contribution in [3.63, 3.8) is 0 Å². The Morgan fingerprint density at radius 2 is 2.12 bits per heavy atom. The highest BCUT2D eigenvalue weighted by atomic mass is 16.5. The first-order valence-corrected chi connectivity index (χ1v) is 7.40. The lowest BCUT2D eigenvalue weighted by molar-refractivity contribution is -0.604. The van der Waals surface area contributed by atoms with Crippen LogP contribution in [0.5, 0.6) is 0 Å². The largest absolute Gasteiger partial charge is 0.619 e. The van der Waals surface area contributed by atoms with Gasteiger partial charge < -0.3 is 20.5 Å². The zero-order chi connectivity index (χ0) is 18.7. The summed E-state index contributed by atoms with van der Waals surface area (Å²) in [6.07, 6.45) is 4.34. The van der Waals surface area contributed by atoms with Crippen molar-refractivity contribution in [3.05, 3.63) is 54.2 Å². The molecule has 3 N–H and O–H groups in total. The van der Waals surface area contributed by atoms with Crippen LogP contribution in [0.1, 0.15) is 6.92 Å². The average Bonchev–Trinajstić information content (AvgIpc) is 3.23. The highest BCUT2D eigenvalue weighted by Gasteiger charge is 2.13. The summed E-state index contributed by atoms with van der Waals surface area (Å²) in [7, 11) is 0. The molecular formula is C16H14N6O4. The van der Waals surface area contributed by atoms with E-state index in [1.165, 1.54) is 16.9 Å². The van der Waals surface area contributed by atoms with E-state index in [4.69, 9.17) is 20.1 Å². The fourth-order valence-electron chi connectivity index (χ4n) is 2.17. The standard InChI is InChI=1S/C14H10N6O2.C2H4O2/c15-14-17-13(9-3-1-5-19(21)8-9)16-12-7-10(18-20(12)14)11-4-2-6-22-11;1-2(3)4/h1-8H,(H2,15,16,17);1H3,(H,3,4). The van der Waals surface area contributed by atoms with E-state index >= 15 is 0 Å². The molecule has 0 saturated heterocycles. The lowest BCUT2D eigenvalue weighted by atomic mass is 10.3. The first kappa shape index (κ1) is 16.9. The minimum Gasteiger partial charge on any atom is -0.619 e. The first-order valence-electron chi connectivity index (χ1n) is 7.40. The summed E-state index contributed by atoms with van der Waals surface area (Å²) in [6.45, 7) is 1.08. The molecule has 0 unspecified atom stereocenters. The van der Waals surface area contributed by atoms with Gasteiger partial charge in [0.25, 0.3) is 5.97 Å². The lowest BCUT2D eigenvalue weighted by Gasteiger charge is -2.03. The minimum atomic E-state index is -0.833. The molecule has 0 saturated carbocycles. The monoisotopic (exact) mass is 354 g/mol. The number of aliphatic carboxylic acids is 1. The molecule has 132 valence electrons. The van der Waals surface area contributed by atoms with Crippen LogP contribution in [0, 0.1) is 5.21 Å². The number of fused-ring (bicyclic) bond motifs is 1. The smallest absolute Gasteiger partial charge is 0.300 e. The van der Waals surface area contributed by atoms with Gasteiger partial charge in [0.1, 0.15) is 5.69 Å².